The van der Waals surface area contributed by atoms with E-state index in [4.69, 9.17) is 5.73 Å². The lowest BCUT2D eigenvalue weighted by molar-refractivity contribution is 0.598. The normalized spacial score (nSPS) is 11.6. The number of aryl methyl sites for hydroxylation is 1. The van der Waals surface area contributed by atoms with Crippen molar-refractivity contribution in [3.05, 3.63) is 44.3 Å². The van der Waals surface area contributed by atoms with E-state index in [1.807, 2.05) is 0 Å². The number of para-hydroxylation sites is 1. The van der Waals surface area contributed by atoms with Gasteiger partial charge in [-0.15, -0.1) is 11.3 Å². The second kappa shape index (κ2) is 5.80. The Labute approximate surface area is 129 Å². The van der Waals surface area contributed by atoms with Crippen molar-refractivity contribution in [2.24, 2.45) is 5.73 Å². The van der Waals surface area contributed by atoms with Crippen LogP contribution in [0.1, 0.15) is 10.4 Å². The second-order valence-electron chi connectivity index (χ2n) is 4.09. The Morgan fingerprint density at radius 2 is 2.15 bits per heavy atom. The van der Waals surface area contributed by atoms with Crippen LogP contribution in [0.3, 0.4) is 0 Å². The summed E-state index contributed by atoms with van der Waals surface area (Å²) < 4.78 is 41.1. The Hall–Kier alpha value is -0.960. The van der Waals surface area contributed by atoms with Gasteiger partial charge in [0.2, 0.25) is 0 Å². The Morgan fingerprint density at radius 1 is 1.45 bits per heavy atom. The summed E-state index contributed by atoms with van der Waals surface area (Å²) in [7, 11) is -3.86. The number of hydrogen-bond acceptors (Lipinski definition) is 4. The van der Waals surface area contributed by atoms with Crippen molar-refractivity contribution in [2.75, 3.05) is 4.72 Å². The van der Waals surface area contributed by atoms with Gasteiger partial charge in [-0.05, 0) is 40.5 Å². The van der Waals surface area contributed by atoms with Crippen LogP contribution in [0.15, 0.2) is 32.9 Å². The van der Waals surface area contributed by atoms with E-state index in [1.165, 1.54) is 29.5 Å². The van der Waals surface area contributed by atoms with E-state index < -0.39 is 15.8 Å². The first-order valence-electron chi connectivity index (χ1n) is 5.61. The molecule has 3 N–H and O–H groups in total. The van der Waals surface area contributed by atoms with Crippen LogP contribution in [0.25, 0.3) is 0 Å². The third-order valence-corrected chi connectivity index (χ3v) is 6.28. The quantitative estimate of drug-likeness (QED) is 0.857. The zero-order chi connectivity index (χ0) is 14.9. The molecule has 0 atom stereocenters. The average molecular weight is 379 g/mol. The molecular formula is C12H12BrFN2O2S2. The highest BCUT2D eigenvalue weighted by Crippen LogP contribution is 2.33. The van der Waals surface area contributed by atoms with Gasteiger partial charge in [0, 0.05) is 11.4 Å². The number of anilines is 1. The number of halogens is 2. The third-order valence-electron chi connectivity index (χ3n) is 2.66. The summed E-state index contributed by atoms with van der Waals surface area (Å²) in [6, 6.07) is 5.84. The maximum Gasteiger partial charge on any atom is 0.263 e. The molecule has 2 aromatic rings. The molecule has 0 spiro atoms. The van der Waals surface area contributed by atoms with Gasteiger partial charge in [0.05, 0.1) is 9.47 Å². The molecule has 8 heteroatoms. The molecule has 108 valence electrons. The van der Waals surface area contributed by atoms with Crippen LogP contribution in [-0.2, 0) is 16.6 Å². The van der Waals surface area contributed by atoms with Gasteiger partial charge < -0.3 is 5.73 Å². The zero-order valence-electron chi connectivity index (χ0n) is 10.5. The highest BCUT2D eigenvalue weighted by atomic mass is 79.9. The molecule has 0 bridgehead atoms. The molecule has 0 radical (unpaired) electrons. The Bertz CT molecular complexity index is 724. The predicted octanol–water partition coefficient (Wildman–Crippen LogP) is 3.22. The molecule has 0 fully saturated rings. The molecule has 20 heavy (non-hydrogen) atoms. The van der Waals surface area contributed by atoms with E-state index in [-0.39, 0.29) is 17.1 Å². The maximum absolute atomic E-state index is 13.7. The number of thiophene rings is 1. The number of benzene rings is 1. The van der Waals surface area contributed by atoms with Crippen molar-refractivity contribution in [3.8, 4) is 0 Å². The van der Waals surface area contributed by atoms with Gasteiger partial charge in [-0.1, -0.05) is 12.1 Å². The number of hydrogen-bond donors (Lipinski definition) is 2. The van der Waals surface area contributed by atoms with Gasteiger partial charge >= 0.3 is 0 Å². The summed E-state index contributed by atoms with van der Waals surface area (Å²) >= 11 is 4.43. The fraction of sp³-hybridized carbons (Fsp3) is 0.167. The summed E-state index contributed by atoms with van der Waals surface area (Å²) in [6.45, 7) is 1.88. The van der Waals surface area contributed by atoms with Crippen LogP contribution in [0.5, 0.6) is 0 Å². The molecule has 1 heterocycles. The summed E-state index contributed by atoms with van der Waals surface area (Å²) in [4.78, 5) is 0.785. The molecule has 0 saturated heterocycles. The Kier molecular flexibility index (Phi) is 4.48. The highest BCUT2D eigenvalue weighted by molar-refractivity contribution is 9.11. The minimum absolute atomic E-state index is 0.0418. The van der Waals surface area contributed by atoms with Crippen LogP contribution < -0.4 is 10.5 Å². The number of sulfonamides is 1. The highest BCUT2D eigenvalue weighted by Gasteiger charge is 2.22. The summed E-state index contributed by atoms with van der Waals surface area (Å²) in [6.07, 6.45) is 0. The molecule has 0 amide bonds. The molecule has 0 aliphatic heterocycles. The Balaban J connectivity index is 2.43. The monoisotopic (exact) mass is 378 g/mol. The van der Waals surface area contributed by atoms with E-state index >= 15 is 0 Å². The van der Waals surface area contributed by atoms with Gasteiger partial charge in [-0.3, -0.25) is 4.72 Å². The molecule has 0 saturated carbocycles. The van der Waals surface area contributed by atoms with Crippen LogP contribution >= 0.6 is 27.3 Å². The van der Waals surface area contributed by atoms with E-state index in [2.05, 4.69) is 20.7 Å². The van der Waals surface area contributed by atoms with E-state index in [9.17, 15) is 12.8 Å². The van der Waals surface area contributed by atoms with Crippen LogP contribution in [-0.4, -0.2) is 8.42 Å². The zero-order valence-corrected chi connectivity index (χ0v) is 13.7. The molecule has 0 unspecified atom stereocenters. The second-order valence-corrected chi connectivity index (χ2v) is 8.20. The average Bonchev–Trinajstić information content (AvgIpc) is 2.76. The number of nitrogens with one attached hydrogen (secondary N) is 1. The Morgan fingerprint density at radius 3 is 2.70 bits per heavy atom. The van der Waals surface area contributed by atoms with Crippen molar-refractivity contribution in [3.63, 3.8) is 0 Å². The van der Waals surface area contributed by atoms with Gasteiger partial charge in [0.15, 0.2) is 0 Å². The molecule has 0 aliphatic rings. The largest absolute Gasteiger partial charge is 0.326 e. The lowest BCUT2D eigenvalue weighted by Gasteiger charge is -2.10. The minimum atomic E-state index is -3.86. The lowest BCUT2D eigenvalue weighted by atomic mass is 10.2. The first-order chi connectivity index (χ1) is 9.35. The fourth-order valence-electron chi connectivity index (χ4n) is 1.63. The van der Waals surface area contributed by atoms with Gasteiger partial charge in [-0.2, -0.15) is 0 Å². The molecule has 2 rings (SSSR count). The van der Waals surface area contributed by atoms with Crippen LogP contribution in [0, 0.1) is 12.7 Å². The summed E-state index contributed by atoms with van der Waals surface area (Å²) in [5.41, 5.74) is 5.96. The van der Waals surface area contributed by atoms with Gasteiger partial charge in [-0.25, -0.2) is 12.8 Å². The van der Waals surface area contributed by atoms with Crippen molar-refractivity contribution < 1.29 is 12.8 Å². The van der Waals surface area contributed by atoms with Crippen molar-refractivity contribution >= 4 is 43.0 Å². The van der Waals surface area contributed by atoms with Gasteiger partial charge in [0.1, 0.15) is 10.7 Å². The summed E-state index contributed by atoms with van der Waals surface area (Å²) in [5, 5.41) is 0. The smallest absolute Gasteiger partial charge is 0.263 e. The topological polar surface area (TPSA) is 72.2 Å². The first-order valence-corrected chi connectivity index (χ1v) is 8.70. The molecule has 1 aromatic heterocycles. The fourth-order valence-corrected chi connectivity index (χ4v) is 5.33. The lowest BCUT2D eigenvalue weighted by Crippen LogP contribution is -2.14. The first kappa shape index (κ1) is 15.4. The summed E-state index contributed by atoms with van der Waals surface area (Å²) in [5.74, 6) is -0.612. The van der Waals surface area contributed by atoms with Crippen molar-refractivity contribution in [1.82, 2.24) is 0 Å². The maximum atomic E-state index is 13.7. The predicted molar refractivity (Wildman–Crippen MR) is 81.9 cm³/mol. The molecule has 4 nitrogen and oxygen atoms in total. The standard InChI is InChI=1S/C12H12BrFN2O2S2/c1-7-3-2-4-9(14)11(7)16-20(17,18)10-5-8(6-15)19-12(10)13/h2-5,16H,6,15H2,1H3. The number of rotatable bonds is 4. The van der Waals surface area contributed by atoms with Crippen molar-refractivity contribution in [2.45, 2.75) is 18.4 Å². The molecule has 0 aliphatic carbocycles. The van der Waals surface area contributed by atoms with Crippen LogP contribution in [0.4, 0.5) is 10.1 Å². The minimum Gasteiger partial charge on any atom is -0.326 e. The van der Waals surface area contributed by atoms with Gasteiger partial charge in [0.25, 0.3) is 10.0 Å². The van der Waals surface area contributed by atoms with Crippen LogP contribution in [0.2, 0.25) is 0 Å². The molecule has 1 aromatic carbocycles. The molecular weight excluding hydrogens is 367 g/mol. The third kappa shape index (κ3) is 3.03. The van der Waals surface area contributed by atoms with E-state index in [1.54, 1.807) is 13.0 Å². The van der Waals surface area contributed by atoms with Crippen molar-refractivity contribution in [1.29, 1.82) is 0 Å². The van der Waals surface area contributed by atoms with E-state index in [0.717, 1.165) is 4.88 Å². The SMILES string of the molecule is Cc1cccc(F)c1NS(=O)(=O)c1cc(CN)sc1Br. The number of nitrogens with two attached hydrogens (primary N) is 1. The van der Waals surface area contributed by atoms with E-state index in [0.29, 0.717) is 9.35 Å².